The molecule has 0 saturated carbocycles. The first kappa shape index (κ1) is 16.4. The third-order valence-corrected chi connectivity index (χ3v) is 3.70. The second kappa shape index (κ2) is 7.89. The lowest BCUT2D eigenvalue weighted by Gasteiger charge is -2.22. The Labute approximate surface area is 130 Å². The minimum atomic E-state index is -0.214. The number of carbonyl (C=O) groups is 1. The van der Waals surface area contributed by atoms with E-state index in [0.29, 0.717) is 17.2 Å². The third kappa shape index (κ3) is 3.82. The zero-order valence-corrected chi connectivity index (χ0v) is 13.3. The number of piperidine rings is 1. The highest BCUT2D eigenvalue weighted by atomic mass is 16.5. The van der Waals surface area contributed by atoms with Gasteiger partial charge < -0.3 is 24.3 Å². The molecule has 1 aromatic carbocycles. The average molecular weight is 309 g/mol. The van der Waals surface area contributed by atoms with Gasteiger partial charge in [0.05, 0.1) is 21.3 Å². The lowest BCUT2D eigenvalue weighted by Crippen LogP contribution is -2.41. The van der Waals surface area contributed by atoms with Crippen molar-refractivity contribution in [3.05, 3.63) is 17.7 Å². The van der Waals surface area contributed by atoms with Crippen LogP contribution in [0.2, 0.25) is 0 Å². The Morgan fingerprint density at radius 1 is 1.14 bits per heavy atom. The second-order valence-electron chi connectivity index (χ2n) is 5.14. The topological polar surface area (TPSA) is 66.0 Å². The van der Waals surface area contributed by atoms with E-state index in [2.05, 4.69) is 5.32 Å². The molecular formula is C16H23NO5. The van der Waals surface area contributed by atoms with Crippen molar-refractivity contribution in [2.24, 2.45) is 0 Å². The fourth-order valence-electron chi connectivity index (χ4n) is 2.53. The van der Waals surface area contributed by atoms with Crippen LogP contribution in [0.3, 0.4) is 0 Å². The molecule has 0 bridgehead atoms. The summed E-state index contributed by atoms with van der Waals surface area (Å²) < 4.78 is 21.2. The summed E-state index contributed by atoms with van der Waals surface area (Å²) in [6.07, 6.45) is 2.99. The molecule has 0 aromatic heterocycles. The first-order valence-electron chi connectivity index (χ1n) is 7.38. The molecule has 1 fully saturated rings. The molecule has 1 heterocycles. The molecule has 1 aliphatic heterocycles. The molecule has 122 valence electrons. The first-order valence-corrected chi connectivity index (χ1v) is 7.38. The number of rotatable bonds is 6. The van der Waals surface area contributed by atoms with Gasteiger partial charge in [-0.1, -0.05) is 6.42 Å². The maximum atomic E-state index is 12.0. The van der Waals surface area contributed by atoms with Crippen molar-refractivity contribution in [3.8, 4) is 17.2 Å². The van der Waals surface area contributed by atoms with Crippen LogP contribution in [0.1, 0.15) is 24.8 Å². The normalized spacial score (nSPS) is 17.7. The Bertz CT molecular complexity index is 486. The van der Waals surface area contributed by atoms with Gasteiger partial charge in [0.15, 0.2) is 11.5 Å². The maximum absolute atomic E-state index is 12.0. The summed E-state index contributed by atoms with van der Waals surface area (Å²) in [5.41, 5.74) is 0.790. The van der Waals surface area contributed by atoms with Gasteiger partial charge >= 0.3 is 5.97 Å². The molecule has 0 spiro atoms. The van der Waals surface area contributed by atoms with Crippen LogP contribution in [-0.2, 0) is 16.1 Å². The van der Waals surface area contributed by atoms with Crippen LogP contribution in [0.15, 0.2) is 12.1 Å². The third-order valence-electron chi connectivity index (χ3n) is 3.70. The van der Waals surface area contributed by atoms with Crippen molar-refractivity contribution in [3.63, 3.8) is 0 Å². The Morgan fingerprint density at radius 3 is 2.32 bits per heavy atom. The van der Waals surface area contributed by atoms with Gasteiger partial charge in [0, 0.05) is 0 Å². The van der Waals surface area contributed by atoms with Crippen LogP contribution in [0, 0.1) is 0 Å². The molecule has 22 heavy (non-hydrogen) atoms. The number of ether oxygens (including phenoxy) is 4. The van der Waals surface area contributed by atoms with Gasteiger partial charge in [-0.15, -0.1) is 0 Å². The minimum Gasteiger partial charge on any atom is -0.493 e. The van der Waals surface area contributed by atoms with Gasteiger partial charge in [-0.3, -0.25) is 4.79 Å². The Morgan fingerprint density at radius 2 is 1.82 bits per heavy atom. The summed E-state index contributed by atoms with van der Waals surface area (Å²) in [4.78, 5) is 12.0. The van der Waals surface area contributed by atoms with E-state index in [1.54, 1.807) is 33.5 Å². The van der Waals surface area contributed by atoms with Crippen LogP contribution in [-0.4, -0.2) is 39.9 Å². The Hall–Kier alpha value is -1.95. The monoisotopic (exact) mass is 309 g/mol. The highest BCUT2D eigenvalue weighted by Gasteiger charge is 2.22. The van der Waals surface area contributed by atoms with Crippen molar-refractivity contribution in [1.82, 2.24) is 5.32 Å². The van der Waals surface area contributed by atoms with Gasteiger partial charge in [-0.2, -0.15) is 0 Å². The van der Waals surface area contributed by atoms with E-state index in [9.17, 15) is 4.79 Å². The van der Waals surface area contributed by atoms with E-state index < -0.39 is 0 Å². The number of carbonyl (C=O) groups excluding carboxylic acids is 1. The van der Waals surface area contributed by atoms with Crippen LogP contribution >= 0.6 is 0 Å². The first-order chi connectivity index (χ1) is 10.7. The summed E-state index contributed by atoms with van der Waals surface area (Å²) in [6.45, 7) is 1.04. The standard InChI is InChI=1S/C16H23NO5/c1-19-13-8-11(9-14(20-2)15(13)21-3)10-22-16(18)12-6-4-5-7-17-12/h8-9,12,17H,4-7,10H2,1-3H3/t12-/m0/s1. The van der Waals surface area contributed by atoms with Crippen molar-refractivity contribution in [2.45, 2.75) is 31.9 Å². The average Bonchev–Trinajstić information content (AvgIpc) is 2.59. The molecule has 0 amide bonds. The van der Waals surface area contributed by atoms with Crippen LogP contribution in [0.4, 0.5) is 0 Å². The van der Waals surface area contributed by atoms with Crippen molar-refractivity contribution < 1.29 is 23.7 Å². The van der Waals surface area contributed by atoms with Crippen molar-refractivity contribution >= 4 is 5.97 Å². The largest absolute Gasteiger partial charge is 0.493 e. The van der Waals surface area contributed by atoms with Gasteiger partial charge in [0.1, 0.15) is 12.6 Å². The zero-order chi connectivity index (χ0) is 15.9. The molecule has 2 rings (SSSR count). The summed E-state index contributed by atoms with van der Waals surface area (Å²) in [6, 6.07) is 3.36. The summed E-state index contributed by atoms with van der Waals surface area (Å²) >= 11 is 0. The maximum Gasteiger partial charge on any atom is 0.323 e. The number of hydrogen-bond donors (Lipinski definition) is 1. The molecule has 1 aliphatic rings. The van der Waals surface area contributed by atoms with E-state index in [0.717, 1.165) is 31.4 Å². The van der Waals surface area contributed by atoms with Gasteiger partial charge in [-0.25, -0.2) is 0 Å². The minimum absolute atomic E-state index is 0.174. The Balaban J connectivity index is 2.04. The van der Waals surface area contributed by atoms with Gasteiger partial charge in [0.2, 0.25) is 5.75 Å². The fraction of sp³-hybridized carbons (Fsp3) is 0.562. The zero-order valence-electron chi connectivity index (χ0n) is 13.3. The Kier molecular flexibility index (Phi) is 5.89. The molecule has 0 aliphatic carbocycles. The molecule has 1 N–H and O–H groups in total. The molecule has 0 radical (unpaired) electrons. The van der Waals surface area contributed by atoms with Gasteiger partial charge in [-0.05, 0) is 37.1 Å². The smallest absolute Gasteiger partial charge is 0.323 e. The van der Waals surface area contributed by atoms with Crippen LogP contribution < -0.4 is 19.5 Å². The number of nitrogens with one attached hydrogen (secondary N) is 1. The predicted molar refractivity (Wildman–Crippen MR) is 81.5 cm³/mol. The number of esters is 1. The molecule has 1 aromatic rings. The quantitative estimate of drug-likeness (QED) is 0.810. The molecule has 6 heteroatoms. The lowest BCUT2D eigenvalue weighted by atomic mass is 10.1. The van der Waals surface area contributed by atoms with Crippen molar-refractivity contribution in [2.75, 3.05) is 27.9 Å². The number of methoxy groups -OCH3 is 3. The number of hydrogen-bond acceptors (Lipinski definition) is 6. The molecule has 1 saturated heterocycles. The molecule has 0 unspecified atom stereocenters. The van der Waals surface area contributed by atoms with Crippen molar-refractivity contribution in [1.29, 1.82) is 0 Å². The van der Waals surface area contributed by atoms with E-state index >= 15 is 0 Å². The SMILES string of the molecule is COc1cc(COC(=O)[C@@H]2CCCCN2)cc(OC)c1OC. The second-order valence-corrected chi connectivity index (χ2v) is 5.14. The summed E-state index contributed by atoms with van der Waals surface area (Å²) in [7, 11) is 4.66. The van der Waals surface area contributed by atoms with Crippen LogP contribution in [0.5, 0.6) is 17.2 Å². The summed E-state index contributed by atoms with van der Waals surface area (Å²) in [5.74, 6) is 1.40. The van der Waals surface area contributed by atoms with Crippen LogP contribution in [0.25, 0.3) is 0 Å². The summed E-state index contributed by atoms with van der Waals surface area (Å²) in [5, 5.41) is 3.17. The predicted octanol–water partition coefficient (Wildman–Crippen LogP) is 1.90. The lowest BCUT2D eigenvalue weighted by molar-refractivity contribution is -0.148. The molecule has 1 atom stereocenters. The molecular weight excluding hydrogens is 286 g/mol. The van der Waals surface area contributed by atoms with E-state index in [-0.39, 0.29) is 18.6 Å². The highest BCUT2D eigenvalue weighted by Crippen LogP contribution is 2.38. The van der Waals surface area contributed by atoms with E-state index in [4.69, 9.17) is 18.9 Å². The number of benzene rings is 1. The van der Waals surface area contributed by atoms with E-state index in [1.165, 1.54) is 0 Å². The van der Waals surface area contributed by atoms with E-state index in [1.807, 2.05) is 0 Å². The highest BCUT2D eigenvalue weighted by molar-refractivity contribution is 5.75. The molecule has 6 nitrogen and oxygen atoms in total. The van der Waals surface area contributed by atoms with Gasteiger partial charge in [0.25, 0.3) is 0 Å². The fourth-order valence-corrected chi connectivity index (χ4v) is 2.53.